The zero-order chi connectivity index (χ0) is 21.3. The first kappa shape index (κ1) is 20.1. The second-order valence-electron chi connectivity index (χ2n) is 7.32. The number of alkyl halides is 3. The van der Waals surface area contributed by atoms with Gasteiger partial charge in [-0.1, -0.05) is 36.4 Å². The minimum absolute atomic E-state index is 0.281. The molecule has 154 valence electrons. The van der Waals surface area contributed by atoms with Gasteiger partial charge >= 0.3 is 6.18 Å². The minimum Gasteiger partial charge on any atom is -0.332 e. The molecule has 2 aromatic carbocycles. The molecule has 7 heteroatoms. The molecule has 1 saturated carbocycles. The van der Waals surface area contributed by atoms with E-state index in [2.05, 4.69) is 4.99 Å². The quantitative estimate of drug-likeness (QED) is 0.522. The summed E-state index contributed by atoms with van der Waals surface area (Å²) in [6.45, 7) is 0.637. The fourth-order valence-corrected chi connectivity index (χ4v) is 3.25. The molecule has 1 amide bonds. The van der Waals surface area contributed by atoms with E-state index in [1.807, 2.05) is 41.1 Å². The van der Waals surface area contributed by atoms with Crippen LogP contribution >= 0.6 is 0 Å². The molecule has 4 rings (SSSR count). The monoisotopic (exact) mass is 414 g/mol. The second kappa shape index (κ2) is 7.89. The number of hydrogen-bond donors (Lipinski definition) is 0. The molecule has 3 nitrogen and oxygen atoms in total. The van der Waals surface area contributed by atoms with E-state index < -0.39 is 29.0 Å². The zero-order valence-corrected chi connectivity index (χ0v) is 15.9. The Balaban J connectivity index is 1.75. The van der Waals surface area contributed by atoms with E-state index in [0.29, 0.717) is 18.5 Å². The Morgan fingerprint density at radius 2 is 1.70 bits per heavy atom. The van der Waals surface area contributed by atoms with Crippen molar-refractivity contribution in [3.63, 3.8) is 0 Å². The molecule has 1 aromatic heterocycles. The summed E-state index contributed by atoms with van der Waals surface area (Å²) in [5.41, 5.74) is 0.0175. The van der Waals surface area contributed by atoms with E-state index in [1.54, 1.807) is 12.1 Å². The Kier molecular flexibility index (Phi) is 5.28. The van der Waals surface area contributed by atoms with Gasteiger partial charge in [0.15, 0.2) is 0 Å². The normalized spacial score (nSPS) is 14.7. The van der Waals surface area contributed by atoms with Crippen molar-refractivity contribution in [2.75, 3.05) is 0 Å². The predicted molar refractivity (Wildman–Crippen MR) is 104 cm³/mol. The number of carbonyl (C=O) groups is 1. The lowest BCUT2D eigenvalue weighted by Crippen LogP contribution is -2.23. The van der Waals surface area contributed by atoms with E-state index in [0.717, 1.165) is 36.1 Å². The molecule has 1 fully saturated rings. The topological polar surface area (TPSA) is 34.4 Å². The van der Waals surface area contributed by atoms with Crippen molar-refractivity contribution >= 4 is 5.91 Å². The van der Waals surface area contributed by atoms with Crippen LogP contribution in [0.1, 0.15) is 28.8 Å². The van der Waals surface area contributed by atoms with Crippen molar-refractivity contribution in [2.24, 2.45) is 10.9 Å². The van der Waals surface area contributed by atoms with E-state index in [1.165, 1.54) is 0 Å². The van der Waals surface area contributed by atoms with E-state index in [9.17, 15) is 22.4 Å². The average molecular weight is 414 g/mol. The van der Waals surface area contributed by atoms with Crippen molar-refractivity contribution in [2.45, 2.75) is 25.6 Å². The number of pyridine rings is 1. The second-order valence-corrected chi connectivity index (χ2v) is 7.32. The maximum atomic E-state index is 14.3. The van der Waals surface area contributed by atoms with Gasteiger partial charge in [0.05, 0.1) is 11.1 Å². The van der Waals surface area contributed by atoms with Crippen molar-refractivity contribution in [1.29, 1.82) is 0 Å². The van der Waals surface area contributed by atoms with Gasteiger partial charge in [-0.15, -0.1) is 0 Å². The molecule has 1 heterocycles. The molecule has 0 aliphatic heterocycles. The van der Waals surface area contributed by atoms with E-state index >= 15 is 0 Å². The number of carbonyl (C=O) groups excluding carboxylic acids is 1. The highest BCUT2D eigenvalue weighted by molar-refractivity contribution is 5.95. The Bertz CT molecular complexity index is 1150. The third-order valence-corrected chi connectivity index (χ3v) is 5.01. The fourth-order valence-electron chi connectivity index (χ4n) is 3.25. The Hall–Kier alpha value is -3.22. The van der Waals surface area contributed by atoms with Gasteiger partial charge in [0.2, 0.25) is 0 Å². The molecule has 0 radical (unpaired) electrons. The summed E-state index contributed by atoms with van der Waals surface area (Å²) in [6.07, 6.45) is -0.887. The standard InChI is InChI=1S/C23H18F4N2O/c24-21-18(7-4-8-19(21)23(25,26)27)22(30)28-20-12-11-17(16-5-2-1-3-6-16)14-29(20)13-15-9-10-15/h1-8,11-12,14-15H,9-10,13H2/b28-20+. The Morgan fingerprint density at radius 1 is 0.967 bits per heavy atom. The predicted octanol–water partition coefficient (Wildman–Crippen LogP) is 5.46. The van der Waals surface area contributed by atoms with Crippen LogP contribution in [0.5, 0.6) is 0 Å². The van der Waals surface area contributed by atoms with Crippen LogP contribution in [0.3, 0.4) is 0 Å². The smallest absolute Gasteiger partial charge is 0.332 e. The van der Waals surface area contributed by atoms with Crippen molar-refractivity contribution in [3.8, 4) is 11.1 Å². The van der Waals surface area contributed by atoms with E-state index in [-0.39, 0.29) is 5.49 Å². The summed E-state index contributed by atoms with van der Waals surface area (Å²) in [6, 6.07) is 15.7. The first-order valence-electron chi connectivity index (χ1n) is 9.53. The maximum Gasteiger partial charge on any atom is 0.419 e. The number of amides is 1. The summed E-state index contributed by atoms with van der Waals surface area (Å²) < 4.78 is 55.0. The lowest BCUT2D eigenvalue weighted by Gasteiger charge is -2.11. The van der Waals surface area contributed by atoms with Crippen LogP contribution in [-0.4, -0.2) is 10.5 Å². The molecule has 3 aromatic rings. The lowest BCUT2D eigenvalue weighted by molar-refractivity contribution is -0.140. The van der Waals surface area contributed by atoms with Gasteiger partial charge in [0, 0.05) is 12.7 Å². The summed E-state index contributed by atoms with van der Waals surface area (Å²) in [5.74, 6) is -2.18. The van der Waals surface area contributed by atoms with Gasteiger partial charge in [-0.2, -0.15) is 18.2 Å². The molecule has 0 atom stereocenters. The number of hydrogen-bond acceptors (Lipinski definition) is 1. The summed E-state index contributed by atoms with van der Waals surface area (Å²) >= 11 is 0. The molecule has 30 heavy (non-hydrogen) atoms. The Morgan fingerprint density at radius 3 is 2.37 bits per heavy atom. The highest BCUT2D eigenvalue weighted by Gasteiger charge is 2.35. The van der Waals surface area contributed by atoms with Gasteiger partial charge in [0.1, 0.15) is 11.3 Å². The molecule has 0 unspecified atom stereocenters. The average Bonchev–Trinajstić information content (AvgIpc) is 3.53. The van der Waals surface area contributed by atoms with Crippen LogP contribution in [0.25, 0.3) is 11.1 Å². The van der Waals surface area contributed by atoms with Crippen molar-refractivity contribution in [1.82, 2.24) is 4.57 Å². The number of nitrogens with zero attached hydrogens (tertiary/aromatic N) is 2. The van der Waals surface area contributed by atoms with Crippen LogP contribution in [0, 0.1) is 11.7 Å². The first-order valence-corrected chi connectivity index (χ1v) is 9.53. The van der Waals surface area contributed by atoms with Gasteiger partial charge in [-0.3, -0.25) is 4.79 Å². The van der Waals surface area contributed by atoms with E-state index in [4.69, 9.17) is 0 Å². The van der Waals surface area contributed by atoms with Gasteiger partial charge < -0.3 is 4.57 Å². The van der Waals surface area contributed by atoms with Crippen LogP contribution in [0.2, 0.25) is 0 Å². The minimum atomic E-state index is -4.89. The Labute approximate surface area is 170 Å². The molecule has 0 saturated heterocycles. The highest BCUT2D eigenvalue weighted by atomic mass is 19.4. The zero-order valence-electron chi connectivity index (χ0n) is 15.9. The summed E-state index contributed by atoms with van der Waals surface area (Å²) in [4.78, 5) is 16.5. The highest BCUT2D eigenvalue weighted by Crippen LogP contribution is 2.33. The van der Waals surface area contributed by atoms with Gasteiger partial charge in [0.25, 0.3) is 5.91 Å². The molecular weight excluding hydrogens is 396 g/mol. The molecule has 0 bridgehead atoms. The third kappa shape index (κ3) is 4.35. The molecule has 0 N–H and O–H groups in total. The number of rotatable bonds is 4. The summed E-state index contributed by atoms with van der Waals surface area (Å²) in [7, 11) is 0. The molecule has 1 aliphatic carbocycles. The molecule has 1 aliphatic rings. The number of halogens is 4. The summed E-state index contributed by atoms with van der Waals surface area (Å²) in [5, 5.41) is 0. The SMILES string of the molecule is O=C(/N=c1\ccc(-c2ccccc2)cn1CC1CC1)c1cccc(C(F)(F)F)c1F. The largest absolute Gasteiger partial charge is 0.419 e. The third-order valence-electron chi connectivity index (χ3n) is 5.01. The molecule has 0 spiro atoms. The van der Waals surface area contributed by atoms with Crippen molar-refractivity contribution in [3.05, 3.63) is 89.3 Å². The van der Waals surface area contributed by atoms with Crippen LogP contribution in [-0.2, 0) is 12.7 Å². The molecular formula is C23H18F4N2O. The van der Waals surface area contributed by atoms with Crippen LogP contribution < -0.4 is 5.49 Å². The van der Waals surface area contributed by atoms with Gasteiger partial charge in [-0.25, -0.2) is 4.39 Å². The van der Waals surface area contributed by atoms with Gasteiger partial charge in [-0.05, 0) is 54.2 Å². The fraction of sp³-hybridized carbons (Fsp3) is 0.217. The maximum absolute atomic E-state index is 14.3. The van der Waals surface area contributed by atoms with Crippen LogP contribution in [0.15, 0.2) is 71.9 Å². The van der Waals surface area contributed by atoms with Crippen LogP contribution in [0.4, 0.5) is 17.6 Å². The first-order chi connectivity index (χ1) is 14.3. The number of benzene rings is 2. The lowest BCUT2D eigenvalue weighted by atomic mass is 10.1. The number of aromatic nitrogens is 1. The van der Waals surface area contributed by atoms with Crippen molar-refractivity contribution < 1.29 is 22.4 Å².